The van der Waals surface area contributed by atoms with Crippen LogP contribution < -0.4 is 10.1 Å². The molecule has 2 aromatic rings. The van der Waals surface area contributed by atoms with Crippen LogP contribution >= 0.6 is 0 Å². The van der Waals surface area contributed by atoms with Crippen LogP contribution in [0.15, 0.2) is 42.6 Å². The SMILES string of the molecule is CNc1ncc(C#N)cc1Oc1ccccc1. The number of nitrogens with one attached hydrogen (secondary N) is 1. The van der Waals surface area contributed by atoms with Crippen LogP contribution in [0, 0.1) is 11.3 Å². The highest BCUT2D eigenvalue weighted by molar-refractivity contribution is 5.54. The number of anilines is 1. The third kappa shape index (κ3) is 2.52. The molecule has 0 atom stereocenters. The normalized spacial score (nSPS) is 9.41. The van der Waals surface area contributed by atoms with E-state index in [-0.39, 0.29) is 0 Å². The third-order valence-corrected chi connectivity index (χ3v) is 2.19. The number of aromatic nitrogens is 1. The molecular weight excluding hydrogens is 214 g/mol. The van der Waals surface area contributed by atoms with Gasteiger partial charge < -0.3 is 10.1 Å². The number of benzene rings is 1. The van der Waals surface area contributed by atoms with Crippen LogP contribution in [0.2, 0.25) is 0 Å². The van der Waals surface area contributed by atoms with Gasteiger partial charge in [0.25, 0.3) is 0 Å². The molecule has 0 unspecified atom stereocenters. The number of ether oxygens (including phenoxy) is 1. The van der Waals surface area contributed by atoms with Crippen molar-refractivity contribution >= 4 is 5.82 Å². The van der Waals surface area contributed by atoms with E-state index in [1.165, 1.54) is 6.20 Å². The van der Waals surface area contributed by atoms with Crippen LogP contribution in [-0.2, 0) is 0 Å². The third-order valence-electron chi connectivity index (χ3n) is 2.19. The fourth-order valence-electron chi connectivity index (χ4n) is 1.39. The van der Waals surface area contributed by atoms with E-state index in [9.17, 15) is 0 Å². The molecule has 1 N–H and O–H groups in total. The molecule has 0 aliphatic rings. The lowest BCUT2D eigenvalue weighted by molar-refractivity contribution is 0.482. The van der Waals surface area contributed by atoms with Gasteiger partial charge in [-0.2, -0.15) is 5.26 Å². The van der Waals surface area contributed by atoms with Crippen LogP contribution in [-0.4, -0.2) is 12.0 Å². The van der Waals surface area contributed by atoms with Crippen molar-refractivity contribution in [2.75, 3.05) is 12.4 Å². The van der Waals surface area contributed by atoms with E-state index >= 15 is 0 Å². The number of hydrogen-bond donors (Lipinski definition) is 1. The lowest BCUT2D eigenvalue weighted by atomic mass is 10.3. The van der Waals surface area contributed by atoms with Gasteiger partial charge in [-0.1, -0.05) is 18.2 Å². The van der Waals surface area contributed by atoms with Gasteiger partial charge in [0, 0.05) is 19.3 Å². The number of pyridine rings is 1. The Morgan fingerprint density at radius 1 is 1.29 bits per heavy atom. The average molecular weight is 225 g/mol. The van der Waals surface area contributed by atoms with Gasteiger partial charge in [0.2, 0.25) is 0 Å². The Hall–Kier alpha value is -2.54. The number of para-hydroxylation sites is 1. The number of nitrogens with zero attached hydrogens (tertiary/aromatic N) is 2. The molecule has 2 rings (SSSR count). The summed E-state index contributed by atoms with van der Waals surface area (Å²) in [5.41, 5.74) is 0.468. The largest absolute Gasteiger partial charge is 0.453 e. The van der Waals surface area contributed by atoms with Crippen molar-refractivity contribution in [3.8, 4) is 17.6 Å². The molecule has 1 aromatic carbocycles. The maximum atomic E-state index is 8.83. The fraction of sp³-hybridized carbons (Fsp3) is 0.0769. The van der Waals surface area contributed by atoms with Gasteiger partial charge in [-0.3, -0.25) is 0 Å². The molecule has 4 heteroatoms. The summed E-state index contributed by atoms with van der Waals surface area (Å²) in [6.45, 7) is 0. The summed E-state index contributed by atoms with van der Waals surface area (Å²) in [5.74, 6) is 1.85. The minimum atomic E-state index is 0.468. The van der Waals surface area contributed by atoms with E-state index < -0.39 is 0 Å². The quantitative estimate of drug-likeness (QED) is 0.872. The summed E-state index contributed by atoms with van der Waals surface area (Å²) in [6, 6.07) is 13.1. The Morgan fingerprint density at radius 3 is 2.71 bits per heavy atom. The minimum Gasteiger partial charge on any atom is -0.453 e. The van der Waals surface area contributed by atoms with Gasteiger partial charge in [0.1, 0.15) is 11.8 Å². The summed E-state index contributed by atoms with van der Waals surface area (Å²) in [7, 11) is 1.76. The second-order valence-corrected chi connectivity index (χ2v) is 3.35. The standard InChI is InChI=1S/C13H11N3O/c1-15-13-12(7-10(8-14)9-16-13)17-11-5-3-2-4-6-11/h2-7,9H,1H3,(H,15,16). The van der Waals surface area contributed by atoms with Crippen molar-refractivity contribution in [1.82, 2.24) is 4.98 Å². The lowest BCUT2D eigenvalue weighted by Gasteiger charge is -2.09. The molecule has 1 heterocycles. The molecule has 1 aromatic heterocycles. The van der Waals surface area contributed by atoms with Gasteiger partial charge in [0.05, 0.1) is 5.56 Å². The van der Waals surface area contributed by atoms with E-state index in [4.69, 9.17) is 10.00 Å². The zero-order valence-corrected chi connectivity index (χ0v) is 9.34. The van der Waals surface area contributed by atoms with Gasteiger partial charge in [-0.15, -0.1) is 0 Å². The van der Waals surface area contributed by atoms with Crippen LogP contribution in [0.1, 0.15) is 5.56 Å². The summed E-state index contributed by atoms with van der Waals surface area (Å²) >= 11 is 0. The Labute approximate surface area is 99.5 Å². The van der Waals surface area contributed by atoms with Crippen LogP contribution in [0.5, 0.6) is 11.5 Å². The molecule has 0 aliphatic heterocycles. The highest BCUT2D eigenvalue weighted by atomic mass is 16.5. The molecular formula is C13H11N3O. The second-order valence-electron chi connectivity index (χ2n) is 3.35. The molecule has 0 bridgehead atoms. The first-order valence-electron chi connectivity index (χ1n) is 5.14. The first kappa shape index (κ1) is 11.0. The molecule has 0 saturated carbocycles. The van der Waals surface area contributed by atoms with Crippen LogP contribution in [0.25, 0.3) is 0 Å². The van der Waals surface area contributed by atoms with Gasteiger partial charge in [-0.25, -0.2) is 4.98 Å². The number of hydrogen-bond acceptors (Lipinski definition) is 4. The molecule has 0 amide bonds. The highest BCUT2D eigenvalue weighted by Crippen LogP contribution is 2.27. The topological polar surface area (TPSA) is 57.9 Å². The van der Waals surface area contributed by atoms with Gasteiger partial charge in [0.15, 0.2) is 11.6 Å². The molecule has 0 saturated heterocycles. The van der Waals surface area contributed by atoms with Gasteiger partial charge >= 0.3 is 0 Å². The average Bonchev–Trinajstić information content (AvgIpc) is 2.40. The van der Waals surface area contributed by atoms with E-state index in [0.717, 1.165) is 0 Å². The van der Waals surface area contributed by atoms with Crippen LogP contribution in [0.4, 0.5) is 5.82 Å². The van der Waals surface area contributed by atoms with Crippen molar-refractivity contribution in [3.05, 3.63) is 48.2 Å². The number of rotatable bonds is 3. The summed E-state index contributed by atoms with van der Waals surface area (Å²) in [6.07, 6.45) is 1.50. The summed E-state index contributed by atoms with van der Waals surface area (Å²) in [5, 5.41) is 11.7. The van der Waals surface area contributed by atoms with Gasteiger partial charge in [-0.05, 0) is 12.1 Å². The zero-order chi connectivity index (χ0) is 12.1. The molecule has 17 heavy (non-hydrogen) atoms. The fourth-order valence-corrected chi connectivity index (χ4v) is 1.39. The van der Waals surface area contributed by atoms with E-state index in [1.54, 1.807) is 13.1 Å². The lowest BCUT2D eigenvalue weighted by Crippen LogP contribution is -1.97. The minimum absolute atomic E-state index is 0.468. The second kappa shape index (κ2) is 4.99. The van der Waals surface area contributed by atoms with Crippen molar-refractivity contribution in [3.63, 3.8) is 0 Å². The smallest absolute Gasteiger partial charge is 0.170 e. The Kier molecular flexibility index (Phi) is 3.22. The van der Waals surface area contributed by atoms with Crippen molar-refractivity contribution in [2.45, 2.75) is 0 Å². The highest BCUT2D eigenvalue weighted by Gasteiger charge is 2.06. The molecule has 0 fully saturated rings. The van der Waals surface area contributed by atoms with E-state index in [0.29, 0.717) is 22.9 Å². The Morgan fingerprint density at radius 2 is 2.06 bits per heavy atom. The maximum Gasteiger partial charge on any atom is 0.170 e. The predicted molar refractivity (Wildman–Crippen MR) is 65.0 cm³/mol. The zero-order valence-electron chi connectivity index (χ0n) is 9.34. The molecule has 84 valence electrons. The summed E-state index contributed by atoms with van der Waals surface area (Å²) < 4.78 is 5.67. The molecule has 0 radical (unpaired) electrons. The first-order valence-corrected chi connectivity index (χ1v) is 5.14. The predicted octanol–water partition coefficient (Wildman–Crippen LogP) is 2.79. The number of nitriles is 1. The molecule has 4 nitrogen and oxygen atoms in total. The molecule has 0 aliphatic carbocycles. The monoisotopic (exact) mass is 225 g/mol. The van der Waals surface area contributed by atoms with Crippen molar-refractivity contribution in [2.24, 2.45) is 0 Å². The Bertz CT molecular complexity index is 546. The van der Waals surface area contributed by atoms with E-state index in [2.05, 4.69) is 10.3 Å². The van der Waals surface area contributed by atoms with Crippen molar-refractivity contribution in [1.29, 1.82) is 5.26 Å². The Balaban J connectivity index is 2.34. The summed E-state index contributed by atoms with van der Waals surface area (Å²) in [4.78, 5) is 4.11. The first-order chi connectivity index (χ1) is 8.33. The molecule has 0 spiro atoms. The van der Waals surface area contributed by atoms with Crippen molar-refractivity contribution < 1.29 is 4.74 Å². The van der Waals surface area contributed by atoms with E-state index in [1.807, 2.05) is 36.4 Å². The maximum absolute atomic E-state index is 8.83. The van der Waals surface area contributed by atoms with Crippen LogP contribution in [0.3, 0.4) is 0 Å².